The summed E-state index contributed by atoms with van der Waals surface area (Å²) in [6.07, 6.45) is 0.806. The van der Waals surface area contributed by atoms with Crippen molar-refractivity contribution in [2.75, 3.05) is 6.61 Å². The van der Waals surface area contributed by atoms with Crippen molar-refractivity contribution in [1.82, 2.24) is 0 Å². The van der Waals surface area contributed by atoms with E-state index in [-0.39, 0.29) is 36.7 Å². The summed E-state index contributed by atoms with van der Waals surface area (Å²) < 4.78 is 10.6. The zero-order valence-electron chi connectivity index (χ0n) is 13.7. The molecule has 7 heteroatoms. The topological polar surface area (TPSA) is 95.7 Å². The lowest BCUT2D eigenvalue weighted by Crippen LogP contribution is -2.23. The molecule has 0 saturated carbocycles. The van der Waals surface area contributed by atoms with Crippen molar-refractivity contribution >= 4 is 11.8 Å². The molecule has 1 aliphatic carbocycles. The van der Waals surface area contributed by atoms with E-state index in [0.29, 0.717) is 23.3 Å². The normalized spacial score (nSPS) is 19.6. The van der Waals surface area contributed by atoms with Crippen LogP contribution in [0, 0.1) is 10.1 Å². The lowest BCUT2D eigenvalue weighted by molar-refractivity contribution is -0.433. The van der Waals surface area contributed by atoms with E-state index in [9.17, 15) is 19.7 Å². The first-order chi connectivity index (χ1) is 12.0. The van der Waals surface area contributed by atoms with Gasteiger partial charge in [0, 0.05) is 26.2 Å². The van der Waals surface area contributed by atoms with Crippen LogP contribution in [-0.4, -0.2) is 23.3 Å². The van der Waals surface area contributed by atoms with Crippen LogP contribution in [0.5, 0.6) is 0 Å². The predicted octanol–water partition coefficient (Wildman–Crippen LogP) is 2.86. The van der Waals surface area contributed by atoms with Gasteiger partial charge in [-0.2, -0.15) is 0 Å². The Kier molecular flexibility index (Phi) is 4.65. The molecule has 1 heterocycles. The Labute approximate surface area is 144 Å². The van der Waals surface area contributed by atoms with Gasteiger partial charge in [0.2, 0.25) is 0 Å². The molecule has 1 aliphatic heterocycles. The lowest BCUT2D eigenvalue weighted by Gasteiger charge is -2.24. The molecule has 0 saturated heterocycles. The number of allylic oxidation sites excluding steroid dienone is 2. The van der Waals surface area contributed by atoms with Gasteiger partial charge in [0.1, 0.15) is 11.7 Å². The van der Waals surface area contributed by atoms with Crippen LogP contribution in [0.2, 0.25) is 0 Å². The summed E-state index contributed by atoms with van der Waals surface area (Å²) in [6, 6.07) is 8.89. The van der Waals surface area contributed by atoms with Gasteiger partial charge >= 0.3 is 5.97 Å². The van der Waals surface area contributed by atoms with E-state index in [1.165, 1.54) is 6.92 Å². The lowest BCUT2D eigenvalue weighted by atomic mass is 9.85. The minimum Gasteiger partial charge on any atom is -0.465 e. The third-order valence-electron chi connectivity index (χ3n) is 4.24. The van der Waals surface area contributed by atoms with Gasteiger partial charge < -0.3 is 9.47 Å². The van der Waals surface area contributed by atoms with Crippen LogP contribution >= 0.6 is 0 Å². The maximum atomic E-state index is 12.3. The third kappa shape index (κ3) is 3.31. The van der Waals surface area contributed by atoms with Crippen LogP contribution in [0.4, 0.5) is 0 Å². The fourth-order valence-corrected chi connectivity index (χ4v) is 3.22. The van der Waals surface area contributed by atoms with E-state index in [4.69, 9.17) is 9.47 Å². The van der Waals surface area contributed by atoms with Gasteiger partial charge in [-0.1, -0.05) is 30.3 Å². The maximum Gasteiger partial charge on any atom is 0.302 e. The molecule has 0 aromatic heterocycles. The Balaban J connectivity index is 2.05. The Hall–Kier alpha value is -2.96. The highest BCUT2D eigenvalue weighted by atomic mass is 16.6. The summed E-state index contributed by atoms with van der Waals surface area (Å²) in [4.78, 5) is 34.5. The van der Waals surface area contributed by atoms with Gasteiger partial charge in [-0.25, -0.2) is 0 Å². The molecular formula is C18H17NO6. The number of benzene rings is 1. The first kappa shape index (κ1) is 16.9. The van der Waals surface area contributed by atoms with E-state index < -0.39 is 16.8 Å². The largest absolute Gasteiger partial charge is 0.465 e. The second-order valence-electron chi connectivity index (χ2n) is 5.86. The van der Waals surface area contributed by atoms with Crippen LogP contribution in [0.25, 0.3) is 0 Å². The number of ether oxygens (including phenoxy) is 2. The fourth-order valence-electron chi connectivity index (χ4n) is 3.22. The number of nitro groups is 1. The average molecular weight is 343 g/mol. The predicted molar refractivity (Wildman–Crippen MR) is 86.8 cm³/mol. The summed E-state index contributed by atoms with van der Waals surface area (Å²) in [7, 11) is 0. The first-order valence-electron chi connectivity index (χ1n) is 7.99. The molecule has 0 amide bonds. The van der Waals surface area contributed by atoms with Crippen molar-refractivity contribution in [3.63, 3.8) is 0 Å². The molecule has 0 spiro atoms. The highest BCUT2D eigenvalue weighted by Gasteiger charge is 2.45. The van der Waals surface area contributed by atoms with Crippen LogP contribution in [0.15, 0.2) is 53.1 Å². The molecule has 1 aromatic rings. The molecule has 1 aromatic carbocycles. The van der Waals surface area contributed by atoms with Crippen molar-refractivity contribution in [3.05, 3.63) is 68.8 Å². The van der Waals surface area contributed by atoms with E-state index in [1.807, 2.05) is 6.07 Å². The summed E-state index contributed by atoms with van der Waals surface area (Å²) in [5.41, 5.74) is 0.881. The molecule has 7 nitrogen and oxygen atoms in total. The van der Waals surface area contributed by atoms with Crippen molar-refractivity contribution < 1.29 is 24.0 Å². The Morgan fingerprint density at radius 2 is 2.04 bits per heavy atom. The van der Waals surface area contributed by atoms with E-state index in [2.05, 4.69) is 0 Å². The van der Waals surface area contributed by atoms with Gasteiger partial charge in [-0.3, -0.25) is 19.7 Å². The third-order valence-corrected chi connectivity index (χ3v) is 4.24. The molecule has 2 aliphatic rings. The van der Waals surface area contributed by atoms with Gasteiger partial charge in [0.25, 0.3) is 5.70 Å². The number of hydrogen-bond acceptors (Lipinski definition) is 6. The number of carbonyl (C=O) groups is 2. The van der Waals surface area contributed by atoms with Crippen LogP contribution < -0.4 is 0 Å². The number of Topliss-reactive ketones (excluding diaryl/α,β-unsaturated/α-hetero) is 1. The molecule has 0 bridgehead atoms. The first-order valence-corrected chi connectivity index (χ1v) is 7.99. The van der Waals surface area contributed by atoms with Crippen molar-refractivity contribution in [1.29, 1.82) is 0 Å². The molecule has 1 atom stereocenters. The number of rotatable bonds is 5. The quantitative estimate of drug-likeness (QED) is 0.463. The Bertz CT molecular complexity index is 793. The highest BCUT2D eigenvalue weighted by molar-refractivity contribution is 6.00. The maximum absolute atomic E-state index is 12.3. The minimum absolute atomic E-state index is 0.0138. The monoisotopic (exact) mass is 343 g/mol. The standard InChI is InChI=1S/C18H17NO6/c1-11(20)24-10-9-15-18(19(22)23)16(12-5-3-2-4-6-12)17-13(21)7-8-14(17)25-15/h2-6,16H,7-10H2,1H3/t16-/m1/s1. The van der Waals surface area contributed by atoms with E-state index >= 15 is 0 Å². The molecule has 0 radical (unpaired) electrons. The fraction of sp³-hybridized carbons (Fsp3) is 0.333. The number of hydrogen-bond donors (Lipinski definition) is 0. The molecule has 25 heavy (non-hydrogen) atoms. The molecule has 3 rings (SSSR count). The van der Waals surface area contributed by atoms with Crippen molar-refractivity contribution in [2.45, 2.75) is 32.1 Å². The molecular weight excluding hydrogens is 326 g/mol. The van der Waals surface area contributed by atoms with Crippen LogP contribution in [0.3, 0.4) is 0 Å². The summed E-state index contributed by atoms with van der Waals surface area (Å²) in [5, 5.41) is 11.8. The minimum atomic E-state index is -0.762. The Morgan fingerprint density at radius 1 is 1.32 bits per heavy atom. The number of ketones is 1. The van der Waals surface area contributed by atoms with E-state index in [0.717, 1.165) is 0 Å². The number of carbonyl (C=O) groups excluding carboxylic acids is 2. The second kappa shape index (κ2) is 6.88. The highest BCUT2D eigenvalue weighted by Crippen LogP contribution is 2.46. The van der Waals surface area contributed by atoms with Crippen molar-refractivity contribution in [3.8, 4) is 0 Å². The van der Waals surface area contributed by atoms with Crippen LogP contribution in [0.1, 0.15) is 37.7 Å². The molecule has 130 valence electrons. The smallest absolute Gasteiger partial charge is 0.302 e. The van der Waals surface area contributed by atoms with Gasteiger partial charge in [0.15, 0.2) is 11.5 Å². The summed E-state index contributed by atoms with van der Waals surface area (Å²) in [6.45, 7) is 1.26. The molecule has 0 N–H and O–H groups in total. The molecule has 0 unspecified atom stereocenters. The number of esters is 1. The summed E-state index contributed by atoms with van der Waals surface area (Å²) in [5.74, 6) is -0.713. The SMILES string of the molecule is CC(=O)OCCC1=C([N+](=O)[O-])[C@H](c2ccccc2)C2=C(CCC2=O)O1. The van der Waals surface area contributed by atoms with Gasteiger partial charge in [-0.15, -0.1) is 0 Å². The number of nitrogens with zero attached hydrogens (tertiary/aromatic N) is 1. The van der Waals surface area contributed by atoms with Crippen LogP contribution in [-0.2, 0) is 19.1 Å². The van der Waals surface area contributed by atoms with Gasteiger partial charge in [-0.05, 0) is 5.56 Å². The summed E-state index contributed by atoms with van der Waals surface area (Å²) >= 11 is 0. The second-order valence-corrected chi connectivity index (χ2v) is 5.86. The average Bonchev–Trinajstić information content (AvgIpc) is 2.95. The Morgan fingerprint density at radius 3 is 2.68 bits per heavy atom. The zero-order valence-corrected chi connectivity index (χ0v) is 13.7. The van der Waals surface area contributed by atoms with Crippen molar-refractivity contribution in [2.24, 2.45) is 0 Å². The molecule has 0 fully saturated rings. The van der Waals surface area contributed by atoms with E-state index in [1.54, 1.807) is 24.3 Å². The zero-order chi connectivity index (χ0) is 18.0. The van der Waals surface area contributed by atoms with Gasteiger partial charge in [0.05, 0.1) is 17.1 Å².